The van der Waals surface area contributed by atoms with Gasteiger partial charge in [-0.25, -0.2) is 4.98 Å². The number of carbonyl (C=O) groups is 2. The first-order chi connectivity index (χ1) is 14.2. The predicted molar refractivity (Wildman–Crippen MR) is 109 cm³/mol. The zero-order valence-electron chi connectivity index (χ0n) is 15.4. The summed E-state index contributed by atoms with van der Waals surface area (Å²) in [7, 11) is 0. The van der Waals surface area contributed by atoms with E-state index in [4.69, 9.17) is 20.8 Å². The molecule has 0 aromatic carbocycles. The van der Waals surface area contributed by atoms with Crippen molar-refractivity contribution in [1.29, 1.82) is 0 Å². The topological polar surface area (TPSA) is 94.3 Å². The number of nitrogens with zero attached hydrogens (tertiary/aromatic N) is 2. The summed E-state index contributed by atoms with van der Waals surface area (Å²) in [6, 6.07) is 6.70. The van der Waals surface area contributed by atoms with Crippen molar-refractivity contribution in [3.8, 4) is 11.5 Å². The molecular formula is C20H18ClN3O4S. The number of alkyl halides is 1. The molecule has 0 aliphatic carbocycles. The molecule has 1 fully saturated rings. The number of amides is 1. The maximum atomic E-state index is 13.1. The van der Waals surface area contributed by atoms with Crippen LogP contribution in [0.4, 0.5) is 5.13 Å². The number of aromatic nitrogens is 2. The first-order valence-corrected chi connectivity index (χ1v) is 10.5. The van der Waals surface area contributed by atoms with Gasteiger partial charge in [-0.3, -0.25) is 19.9 Å². The highest BCUT2D eigenvalue weighted by atomic mass is 35.5. The van der Waals surface area contributed by atoms with Gasteiger partial charge in [0.05, 0.1) is 17.8 Å². The van der Waals surface area contributed by atoms with Gasteiger partial charge in [-0.15, -0.1) is 11.6 Å². The Balaban J connectivity index is 1.62. The minimum Gasteiger partial charge on any atom is -0.463 e. The monoisotopic (exact) mass is 431 g/mol. The maximum Gasteiger partial charge on any atom is 0.257 e. The van der Waals surface area contributed by atoms with E-state index < -0.39 is 0 Å². The summed E-state index contributed by atoms with van der Waals surface area (Å²) in [6.45, 7) is 1.14. The van der Waals surface area contributed by atoms with E-state index >= 15 is 0 Å². The maximum absolute atomic E-state index is 13.1. The molecule has 1 amide bonds. The second kappa shape index (κ2) is 8.86. The van der Waals surface area contributed by atoms with Crippen molar-refractivity contribution in [2.24, 2.45) is 5.92 Å². The number of rotatable bonds is 6. The van der Waals surface area contributed by atoms with Gasteiger partial charge >= 0.3 is 0 Å². The van der Waals surface area contributed by atoms with Crippen LogP contribution in [0.1, 0.15) is 38.6 Å². The fraction of sp³-hybridized carbons (Fsp3) is 0.300. The molecule has 0 unspecified atom stereocenters. The van der Waals surface area contributed by atoms with Crippen molar-refractivity contribution in [2.75, 3.05) is 18.5 Å². The Labute approximate surface area is 176 Å². The number of carbonyl (C=O) groups excluding carboxylic acids is 2. The van der Waals surface area contributed by atoms with E-state index in [1.54, 1.807) is 24.3 Å². The molecule has 1 aliphatic rings. The molecule has 0 atom stereocenters. The Hall–Kier alpha value is -2.55. The molecule has 4 heterocycles. The highest BCUT2D eigenvalue weighted by molar-refractivity contribution is 7.18. The van der Waals surface area contributed by atoms with Crippen LogP contribution in [-0.2, 0) is 10.6 Å². The third-order valence-electron chi connectivity index (χ3n) is 4.63. The zero-order chi connectivity index (χ0) is 20.2. The minimum absolute atomic E-state index is 0.00559. The third kappa shape index (κ3) is 4.39. The Morgan fingerprint density at radius 1 is 1.28 bits per heavy atom. The fourth-order valence-electron chi connectivity index (χ4n) is 3.13. The van der Waals surface area contributed by atoms with E-state index in [2.05, 4.69) is 15.3 Å². The highest BCUT2D eigenvalue weighted by Crippen LogP contribution is 2.35. The molecule has 4 rings (SSSR count). The van der Waals surface area contributed by atoms with Crippen LogP contribution in [0.15, 0.2) is 41.1 Å². The molecular weight excluding hydrogens is 414 g/mol. The standard InChI is InChI=1S/C20H18ClN3O4S/c21-11-14-10-13(3-6-22-14)19(26)24-20-23-16(15-2-1-7-28-15)18(29-20)17(25)12-4-8-27-9-5-12/h1-3,6-7,10,12H,4-5,8-9,11H2,(H,23,24,26). The van der Waals surface area contributed by atoms with Gasteiger partial charge < -0.3 is 9.15 Å². The summed E-state index contributed by atoms with van der Waals surface area (Å²) in [5.41, 5.74) is 1.47. The van der Waals surface area contributed by atoms with Crippen molar-refractivity contribution >= 4 is 39.8 Å². The Morgan fingerprint density at radius 3 is 2.83 bits per heavy atom. The van der Waals surface area contributed by atoms with E-state index in [0.717, 1.165) is 11.3 Å². The molecule has 29 heavy (non-hydrogen) atoms. The number of anilines is 1. The lowest BCUT2D eigenvalue weighted by Gasteiger charge is -2.20. The number of thiazole rings is 1. The number of nitrogens with one attached hydrogen (secondary N) is 1. The Bertz CT molecular complexity index is 1010. The second-order valence-electron chi connectivity index (χ2n) is 6.55. The summed E-state index contributed by atoms with van der Waals surface area (Å²) in [6.07, 6.45) is 4.41. The number of ether oxygens (including phenoxy) is 1. The van der Waals surface area contributed by atoms with Crippen LogP contribution >= 0.6 is 22.9 Å². The number of Topliss-reactive ketones (excluding diaryl/α,β-unsaturated/α-hetero) is 1. The van der Waals surface area contributed by atoms with Crippen LogP contribution in [0.5, 0.6) is 0 Å². The molecule has 1 saturated heterocycles. The molecule has 1 aliphatic heterocycles. The van der Waals surface area contributed by atoms with Gasteiger partial charge in [0.1, 0.15) is 10.6 Å². The van der Waals surface area contributed by atoms with Crippen molar-refractivity contribution in [3.05, 3.63) is 52.9 Å². The molecule has 1 N–H and O–H groups in total. The van der Waals surface area contributed by atoms with Crippen molar-refractivity contribution in [3.63, 3.8) is 0 Å². The van der Waals surface area contributed by atoms with Crippen LogP contribution in [0.2, 0.25) is 0 Å². The van der Waals surface area contributed by atoms with Gasteiger partial charge in [0.25, 0.3) is 5.91 Å². The van der Waals surface area contributed by atoms with Crippen LogP contribution in [0.3, 0.4) is 0 Å². The van der Waals surface area contributed by atoms with Crippen LogP contribution in [-0.4, -0.2) is 34.9 Å². The molecule has 0 radical (unpaired) electrons. The quantitative estimate of drug-likeness (QED) is 0.459. The first-order valence-electron chi connectivity index (χ1n) is 9.14. The zero-order valence-corrected chi connectivity index (χ0v) is 17.0. The first kappa shape index (κ1) is 19.8. The average molecular weight is 432 g/mol. The second-order valence-corrected chi connectivity index (χ2v) is 7.81. The third-order valence-corrected chi connectivity index (χ3v) is 5.89. The summed E-state index contributed by atoms with van der Waals surface area (Å²) < 4.78 is 10.8. The number of hydrogen-bond donors (Lipinski definition) is 1. The lowest BCUT2D eigenvalue weighted by atomic mass is 9.94. The van der Waals surface area contributed by atoms with Crippen molar-refractivity contribution < 1.29 is 18.7 Å². The van der Waals surface area contributed by atoms with Gasteiger partial charge in [0.2, 0.25) is 0 Å². The molecule has 9 heteroatoms. The van der Waals surface area contributed by atoms with E-state index in [0.29, 0.717) is 58.8 Å². The van der Waals surface area contributed by atoms with Crippen LogP contribution in [0.25, 0.3) is 11.5 Å². The van der Waals surface area contributed by atoms with E-state index in [1.807, 2.05) is 0 Å². The molecule has 150 valence electrons. The van der Waals surface area contributed by atoms with E-state index in [-0.39, 0.29) is 23.5 Å². The van der Waals surface area contributed by atoms with E-state index in [9.17, 15) is 9.59 Å². The van der Waals surface area contributed by atoms with Gasteiger partial charge in [-0.05, 0) is 37.1 Å². The number of halogens is 1. The highest BCUT2D eigenvalue weighted by Gasteiger charge is 2.29. The van der Waals surface area contributed by atoms with Gasteiger partial charge in [-0.1, -0.05) is 11.3 Å². The minimum atomic E-state index is -0.344. The average Bonchev–Trinajstić information content (AvgIpc) is 3.44. The largest absolute Gasteiger partial charge is 0.463 e. The molecule has 7 nitrogen and oxygen atoms in total. The molecule has 3 aromatic rings. The van der Waals surface area contributed by atoms with Crippen LogP contribution in [0, 0.1) is 5.92 Å². The normalized spacial score (nSPS) is 14.7. The number of pyridine rings is 1. The Kier molecular flexibility index (Phi) is 6.03. The smallest absolute Gasteiger partial charge is 0.257 e. The van der Waals surface area contributed by atoms with Gasteiger partial charge in [0, 0.05) is 30.9 Å². The van der Waals surface area contributed by atoms with Crippen molar-refractivity contribution in [2.45, 2.75) is 18.7 Å². The fourth-order valence-corrected chi connectivity index (χ4v) is 4.26. The number of hydrogen-bond acceptors (Lipinski definition) is 7. The summed E-state index contributed by atoms with van der Waals surface area (Å²) in [4.78, 5) is 34.8. The van der Waals surface area contributed by atoms with Gasteiger partial charge in [-0.2, -0.15) is 0 Å². The van der Waals surface area contributed by atoms with Crippen molar-refractivity contribution in [1.82, 2.24) is 9.97 Å². The SMILES string of the molecule is O=C(Nc1nc(-c2ccco2)c(C(=O)C2CCOCC2)s1)c1ccnc(CCl)c1. The molecule has 3 aromatic heterocycles. The van der Waals surface area contributed by atoms with E-state index in [1.165, 1.54) is 12.5 Å². The van der Waals surface area contributed by atoms with Gasteiger partial charge in [0.15, 0.2) is 16.7 Å². The lowest BCUT2D eigenvalue weighted by Crippen LogP contribution is -2.23. The number of ketones is 1. The molecule has 0 spiro atoms. The summed E-state index contributed by atoms with van der Waals surface area (Å²) in [5.74, 6) is 0.248. The molecule has 0 saturated carbocycles. The summed E-state index contributed by atoms with van der Waals surface area (Å²) in [5, 5.41) is 3.10. The predicted octanol–water partition coefficient (Wildman–Crippen LogP) is 4.40. The molecule has 0 bridgehead atoms. The number of furan rings is 1. The lowest BCUT2D eigenvalue weighted by molar-refractivity contribution is 0.0547. The Morgan fingerprint density at radius 2 is 2.10 bits per heavy atom. The van der Waals surface area contributed by atoms with Crippen LogP contribution < -0.4 is 5.32 Å². The summed E-state index contributed by atoms with van der Waals surface area (Å²) >= 11 is 6.95.